The minimum Gasteiger partial charge on any atom is -0.454 e. The molecule has 61 heavy (non-hydrogen) atoms. The molecule has 2 heteroatoms. The number of rotatable bonds is 5. The van der Waals surface area contributed by atoms with E-state index in [0.29, 0.717) is 5.92 Å². The van der Waals surface area contributed by atoms with Crippen molar-refractivity contribution in [2.75, 3.05) is 4.90 Å². The lowest BCUT2D eigenvalue weighted by molar-refractivity contribution is 0.667. The van der Waals surface area contributed by atoms with E-state index in [1.807, 2.05) is 0 Å². The summed E-state index contributed by atoms with van der Waals surface area (Å²) >= 11 is 0. The van der Waals surface area contributed by atoms with Crippen LogP contribution in [0.4, 0.5) is 17.1 Å². The number of nitrogens with zero attached hydrogens (tertiary/aromatic N) is 1. The second-order valence-corrected chi connectivity index (χ2v) is 17.0. The van der Waals surface area contributed by atoms with Crippen LogP contribution < -0.4 is 4.90 Å². The first-order valence-electron chi connectivity index (χ1n) is 21.7. The van der Waals surface area contributed by atoms with E-state index >= 15 is 0 Å². The minimum absolute atomic E-state index is 0.470. The molecule has 9 aromatic carbocycles. The SMILES string of the molecule is CCC1CC=Cc2ccc(N(c3ccc4c(c3)C3(c5ccccc5-4)c4ccccc4-c4cccc5ccc(-c6ccccc6)c3c45)c3cccc4c3oc3ccccc34)cc21. The van der Waals surface area contributed by atoms with Crippen LogP contribution in [0, 0.1) is 0 Å². The van der Waals surface area contributed by atoms with E-state index < -0.39 is 5.41 Å². The van der Waals surface area contributed by atoms with Crippen LogP contribution in [0.1, 0.15) is 59.1 Å². The lowest BCUT2D eigenvalue weighted by Crippen LogP contribution is -2.32. The minimum atomic E-state index is -0.609. The molecule has 2 nitrogen and oxygen atoms in total. The third-order valence-electron chi connectivity index (χ3n) is 14.0. The Hall–Kier alpha value is -7.42. The fraction of sp³-hybridized carbons (Fsp3) is 0.0847. The average molecular weight is 780 g/mol. The zero-order valence-electron chi connectivity index (χ0n) is 33.9. The zero-order valence-corrected chi connectivity index (χ0v) is 33.9. The first kappa shape index (κ1) is 34.4. The summed E-state index contributed by atoms with van der Waals surface area (Å²) in [6.45, 7) is 2.31. The summed E-state index contributed by atoms with van der Waals surface area (Å²) in [6.07, 6.45) is 6.79. The second-order valence-electron chi connectivity index (χ2n) is 17.0. The van der Waals surface area contributed by atoms with E-state index in [1.54, 1.807) is 0 Å². The lowest BCUT2D eigenvalue weighted by Gasteiger charge is -2.41. The molecule has 0 saturated heterocycles. The third kappa shape index (κ3) is 4.73. The zero-order chi connectivity index (χ0) is 40.2. The van der Waals surface area contributed by atoms with Crippen molar-refractivity contribution in [2.45, 2.75) is 31.1 Å². The molecule has 1 aromatic heterocycles. The summed E-state index contributed by atoms with van der Waals surface area (Å²) in [5.74, 6) is 0.470. The van der Waals surface area contributed by atoms with Gasteiger partial charge in [-0.15, -0.1) is 0 Å². The molecule has 0 aliphatic heterocycles. The Morgan fingerprint density at radius 2 is 1.23 bits per heavy atom. The summed E-state index contributed by atoms with van der Waals surface area (Å²) in [7, 11) is 0. The number of hydrogen-bond acceptors (Lipinski definition) is 2. The second kappa shape index (κ2) is 13.0. The van der Waals surface area contributed by atoms with Crippen molar-refractivity contribution in [3.8, 4) is 33.4 Å². The number of furan rings is 1. The van der Waals surface area contributed by atoms with Gasteiger partial charge in [0.25, 0.3) is 0 Å². The van der Waals surface area contributed by atoms with Gasteiger partial charge in [-0.2, -0.15) is 0 Å². The maximum Gasteiger partial charge on any atom is 0.159 e. The van der Waals surface area contributed by atoms with Crippen molar-refractivity contribution in [1.29, 1.82) is 0 Å². The predicted molar refractivity (Wildman–Crippen MR) is 254 cm³/mol. The molecule has 0 fully saturated rings. The van der Waals surface area contributed by atoms with Gasteiger partial charge in [-0.25, -0.2) is 0 Å². The molecular formula is C59H41NO. The Labute approximate surface area is 355 Å². The van der Waals surface area contributed by atoms with E-state index in [1.165, 1.54) is 77.5 Å². The molecule has 288 valence electrons. The Morgan fingerprint density at radius 1 is 0.557 bits per heavy atom. The predicted octanol–water partition coefficient (Wildman–Crippen LogP) is 16.1. The van der Waals surface area contributed by atoms with Crippen molar-refractivity contribution < 1.29 is 4.42 Å². The van der Waals surface area contributed by atoms with Crippen molar-refractivity contribution in [1.82, 2.24) is 0 Å². The fourth-order valence-corrected chi connectivity index (χ4v) is 11.4. The van der Waals surface area contributed by atoms with Crippen molar-refractivity contribution in [2.24, 2.45) is 0 Å². The van der Waals surface area contributed by atoms with Crippen LogP contribution in [0.15, 0.2) is 199 Å². The number of para-hydroxylation sites is 2. The van der Waals surface area contributed by atoms with Crippen molar-refractivity contribution in [3.63, 3.8) is 0 Å². The molecule has 0 N–H and O–H groups in total. The summed E-state index contributed by atoms with van der Waals surface area (Å²) in [5.41, 5.74) is 20.1. The first-order chi connectivity index (χ1) is 30.2. The highest BCUT2D eigenvalue weighted by Gasteiger charge is 2.51. The average Bonchev–Trinajstić information content (AvgIpc) is 3.85. The molecule has 2 unspecified atom stereocenters. The molecule has 2 atom stereocenters. The van der Waals surface area contributed by atoms with Crippen LogP contribution in [0.5, 0.6) is 0 Å². The number of anilines is 3. The van der Waals surface area contributed by atoms with Crippen molar-refractivity contribution >= 4 is 55.8 Å². The summed E-state index contributed by atoms with van der Waals surface area (Å²) in [6, 6.07) is 70.3. The lowest BCUT2D eigenvalue weighted by atomic mass is 9.60. The maximum absolute atomic E-state index is 6.85. The van der Waals surface area contributed by atoms with Crippen LogP contribution in [0.2, 0.25) is 0 Å². The highest BCUT2D eigenvalue weighted by molar-refractivity contribution is 6.12. The maximum atomic E-state index is 6.85. The van der Waals surface area contributed by atoms with Crippen LogP contribution >= 0.6 is 0 Å². The largest absolute Gasteiger partial charge is 0.454 e. The fourth-order valence-electron chi connectivity index (χ4n) is 11.4. The smallest absolute Gasteiger partial charge is 0.159 e. The van der Waals surface area contributed by atoms with E-state index in [0.717, 1.165) is 51.8 Å². The highest BCUT2D eigenvalue weighted by atomic mass is 16.3. The molecule has 0 bridgehead atoms. The summed E-state index contributed by atoms with van der Waals surface area (Å²) in [5, 5.41) is 4.83. The molecule has 13 rings (SSSR count). The van der Waals surface area contributed by atoms with Crippen LogP contribution in [0.25, 0.3) is 72.2 Å². The molecule has 1 spiro atoms. The normalized spacial score (nSPS) is 16.8. The van der Waals surface area contributed by atoms with Gasteiger partial charge in [-0.05, 0) is 133 Å². The Kier molecular flexibility index (Phi) is 7.36. The molecule has 0 radical (unpaired) electrons. The Balaban J connectivity index is 1.16. The standard InChI is InChI=1S/C59H41NO/c1-2-37-17-12-18-39-29-31-41(35-50(37)39)60(54-27-14-24-49-47-22-8-11-28-55(47)61-58(49)54)42-32-34-46-44-20-6-9-25-51(44)59(53(46)36-42)52-26-10-7-21-45(52)48-23-13-19-40-30-33-43(57(59)56(40)48)38-15-4-3-5-16-38/h3-16,18-37H,2,17H2,1H3. The van der Waals surface area contributed by atoms with Gasteiger partial charge in [-0.1, -0.05) is 171 Å². The van der Waals surface area contributed by atoms with Crippen LogP contribution in [0.3, 0.4) is 0 Å². The monoisotopic (exact) mass is 779 g/mol. The molecule has 0 saturated carbocycles. The van der Waals surface area contributed by atoms with Gasteiger partial charge in [0.05, 0.1) is 11.1 Å². The van der Waals surface area contributed by atoms with Crippen LogP contribution in [-0.4, -0.2) is 0 Å². The highest BCUT2D eigenvalue weighted by Crippen LogP contribution is 2.64. The summed E-state index contributed by atoms with van der Waals surface area (Å²) in [4.78, 5) is 2.47. The number of allylic oxidation sites excluding steroid dienone is 1. The van der Waals surface area contributed by atoms with Gasteiger partial charge in [0, 0.05) is 22.1 Å². The third-order valence-corrected chi connectivity index (χ3v) is 14.0. The van der Waals surface area contributed by atoms with Gasteiger partial charge in [0.15, 0.2) is 5.58 Å². The van der Waals surface area contributed by atoms with Gasteiger partial charge >= 0.3 is 0 Å². The van der Waals surface area contributed by atoms with Gasteiger partial charge in [0.1, 0.15) is 5.58 Å². The van der Waals surface area contributed by atoms with Crippen molar-refractivity contribution in [3.05, 3.63) is 228 Å². The quantitative estimate of drug-likeness (QED) is 0.173. The molecule has 1 heterocycles. The van der Waals surface area contributed by atoms with E-state index in [2.05, 4.69) is 212 Å². The Morgan fingerprint density at radius 3 is 2.08 bits per heavy atom. The molecule has 3 aliphatic rings. The summed E-state index contributed by atoms with van der Waals surface area (Å²) < 4.78 is 6.85. The number of fused-ring (bicyclic) bond motifs is 13. The molecular weight excluding hydrogens is 739 g/mol. The number of hydrogen-bond donors (Lipinski definition) is 0. The number of benzene rings is 9. The van der Waals surface area contributed by atoms with E-state index in [-0.39, 0.29) is 0 Å². The molecule has 0 amide bonds. The van der Waals surface area contributed by atoms with Gasteiger partial charge in [0.2, 0.25) is 0 Å². The van der Waals surface area contributed by atoms with Crippen LogP contribution in [-0.2, 0) is 5.41 Å². The van der Waals surface area contributed by atoms with Gasteiger partial charge < -0.3 is 9.32 Å². The first-order valence-corrected chi connectivity index (χ1v) is 21.7. The molecule has 3 aliphatic carbocycles. The van der Waals surface area contributed by atoms with Gasteiger partial charge in [-0.3, -0.25) is 0 Å². The van der Waals surface area contributed by atoms with E-state index in [9.17, 15) is 0 Å². The molecule has 10 aromatic rings. The van der Waals surface area contributed by atoms with E-state index in [4.69, 9.17) is 4.42 Å². The Bertz CT molecular complexity index is 3460. The topological polar surface area (TPSA) is 16.4 Å².